The first-order valence-electron chi connectivity index (χ1n) is 5.75. The van der Waals surface area contributed by atoms with Crippen LogP contribution in [0.5, 0.6) is 5.75 Å². The summed E-state index contributed by atoms with van der Waals surface area (Å²) in [5, 5.41) is 0.207. The number of ether oxygens (including phenoxy) is 1. The third kappa shape index (κ3) is 3.37. The molecule has 0 saturated carbocycles. The number of hydrogen-bond donors (Lipinski definition) is 2. The predicted molar refractivity (Wildman–Crippen MR) is 79.6 cm³/mol. The van der Waals surface area contributed by atoms with E-state index in [1.807, 2.05) is 0 Å². The number of anilines is 2. The van der Waals surface area contributed by atoms with Crippen molar-refractivity contribution in [3.63, 3.8) is 0 Å². The first-order chi connectivity index (χ1) is 9.83. The van der Waals surface area contributed by atoms with Gasteiger partial charge in [0.2, 0.25) is 0 Å². The van der Waals surface area contributed by atoms with E-state index in [0.29, 0.717) is 5.69 Å². The molecular formula is C13H12ClFN2O3S. The van der Waals surface area contributed by atoms with E-state index in [0.717, 1.165) is 6.07 Å². The quantitative estimate of drug-likeness (QED) is 0.845. The van der Waals surface area contributed by atoms with Crippen molar-refractivity contribution in [2.24, 2.45) is 0 Å². The van der Waals surface area contributed by atoms with Gasteiger partial charge in [0.05, 0.1) is 12.8 Å². The number of methoxy groups -OCH3 is 1. The molecule has 0 spiro atoms. The van der Waals surface area contributed by atoms with E-state index in [9.17, 15) is 12.8 Å². The minimum Gasteiger partial charge on any atom is -0.495 e. The van der Waals surface area contributed by atoms with Gasteiger partial charge in [0.1, 0.15) is 16.5 Å². The zero-order chi connectivity index (χ0) is 15.6. The molecule has 0 aliphatic heterocycles. The maximum absolute atomic E-state index is 13.6. The number of nitrogen functional groups attached to an aromatic ring is 1. The second kappa shape index (κ2) is 5.79. The van der Waals surface area contributed by atoms with Crippen LogP contribution in [0.25, 0.3) is 0 Å². The van der Waals surface area contributed by atoms with Gasteiger partial charge in [0.15, 0.2) is 0 Å². The van der Waals surface area contributed by atoms with E-state index in [-0.39, 0.29) is 21.4 Å². The lowest BCUT2D eigenvalue weighted by Crippen LogP contribution is -2.15. The Kier molecular flexibility index (Phi) is 4.24. The Balaban J connectivity index is 2.46. The van der Waals surface area contributed by atoms with Gasteiger partial charge in [-0.1, -0.05) is 11.6 Å². The topological polar surface area (TPSA) is 81.4 Å². The Morgan fingerprint density at radius 2 is 1.95 bits per heavy atom. The van der Waals surface area contributed by atoms with E-state index in [1.165, 1.54) is 37.4 Å². The Morgan fingerprint density at radius 1 is 1.24 bits per heavy atom. The van der Waals surface area contributed by atoms with Gasteiger partial charge >= 0.3 is 0 Å². The van der Waals surface area contributed by atoms with Crippen LogP contribution in [0.1, 0.15) is 0 Å². The molecule has 0 aliphatic carbocycles. The smallest absolute Gasteiger partial charge is 0.265 e. The first kappa shape index (κ1) is 15.4. The number of nitrogens with two attached hydrogens (primary N) is 1. The van der Waals surface area contributed by atoms with Crippen molar-refractivity contribution in [1.29, 1.82) is 0 Å². The van der Waals surface area contributed by atoms with Crippen molar-refractivity contribution in [2.45, 2.75) is 4.90 Å². The molecule has 0 radical (unpaired) electrons. The third-order valence-corrected chi connectivity index (χ3v) is 4.29. The molecule has 112 valence electrons. The summed E-state index contributed by atoms with van der Waals surface area (Å²) in [4.78, 5) is -0.154. The Bertz CT molecular complexity index is 781. The average Bonchev–Trinajstić information content (AvgIpc) is 2.42. The number of rotatable bonds is 4. The van der Waals surface area contributed by atoms with Crippen LogP contribution in [0.3, 0.4) is 0 Å². The van der Waals surface area contributed by atoms with Crippen LogP contribution in [0.4, 0.5) is 15.8 Å². The molecule has 0 aliphatic rings. The molecule has 0 unspecified atom stereocenters. The van der Waals surface area contributed by atoms with Crippen molar-refractivity contribution < 1.29 is 17.5 Å². The summed E-state index contributed by atoms with van der Waals surface area (Å²) in [6, 6.07) is 7.62. The molecule has 2 aromatic carbocycles. The minimum absolute atomic E-state index is 0.0601. The summed E-state index contributed by atoms with van der Waals surface area (Å²) in [6.07, 6.45) is 0. The second-order valence-electron chi connectivity index (χ2n) is 4.14. The molecule has 8 heteroatoms. The Hall–Kier alpha value is -1.99. The summed E-state index contributed by atoms with van der Waals surface area (Å²) in [7, 11) is -2.73. The van der Waals surface area contributed by atoms with Gasteiger partial charge in [-0.25, -0.2) is 12.8 Å². The van der Waals surface area contributed by atoms with Gasteiger partial charge in [0.25, 0.3) is 10.0 Å². The van der Waals surface area contributed by atoms with Crippen molar-refractivity contribution in [3.8, 4) is 5.75 Å². The van der Waals surface area contributed by atoms with E-state index >= 15 is 0 Å². The molecule has 0 fully saturated rings. The summed E-state index contributed by atoms with van der Waals surface area (Å²) in [6.45, 7) is 0. The van der Waals surface area contributed by atoms with Crippen LogP contribution in [0.15, 0.2) is 41.3 Å². The third-order valence-electron chi connectivity index (χ3n) is 2.65. The minimum atomic E-state index is -4.04. The maximum Gasteiger partial charge on any atom is 0.265 e. The monoisotopic (exact) mass is 330 g/mol. The summed E-state index contributed by atoms with van der Waals surface area (Å²) < 4.78 is 45.4. The molecule has 0 bridgehead atoms. The standard InChI is InChI=1S/C13H12ClFN2O3S/c1-20-12-7-9(16)3-5-13(12)21(18,19)17-11-6-8(14)2-4-10(11)15/h2-7,17H,16H2,1H3. The second-order valence-corrected chi connectivity index (χ2v) is 6.23. The highest BCUT2D eigenvalue weighted by Crippen LogP contribution is 2.29. The fourth-order valence-electron chi connectivity index (χ4n) is 1.68. The highest BCUT2D eigenvalue weighted by Gasteiger charge is 2.21. The highest BCUT2D eigenvalue weighted by molar-refractivity contribution is 7.92. The zero-order valence-corrected chi connectivity index (χ0v) is 12.5. The molecule has 21 heavy (non-hydrogen) atoms. The number of nitrogens with one attached hydrogen (secondary N) is 1. The van der Waals surface area contributed by atoms with Gasteiger partial charge in [-0.15, -0.1) is 0 Å². The Morgan fingerprint density at radius 3 is 2.62 bits per heavy atom. The van der Waals surface area contributed by atoms with Crippen LogP contribution >= 0.6 is 11.6 Å². The summed E-state index contributed by atoms with van der Waals surface area (Å²) in [5.74, 6) is -0.678. The highest BCUT2D eigenvalue weighted by atomic mass is 35.5. The molecule has 0 aromatic heterocycles. The maximum atomic E-state index is 13.6. The molecule has 0 heterocycles. The first-order valence-corrected chi connectivity index (χ1v) is 7.61. The van der Waals surface area contributed by atoms with Crippen LogP contribution in [0, 0.1) is 5.82 Å². The van der Waals surface area contributed by atoms with Crippen LogP contribution in [0.2, 0.25) is 5.02 Å². The molecule has 0 amide bonds. The molecule has 2 aromatic rings. The van der Waals surface area contributed by atoms with Crippen LogP contribution in [-0.4, -0.2) is 15.5 Å². The SMILES string of the molecule is COc1cc(N)ccc1S(=O)(=O)Nc1cc(Cl)ccc1F. The lowest BCUT2D eigenvalue weighted by atomic mass is 10.3. The van der Waals surface area contributed by atoms with Crippen molar-refractivity contribution in [1.82, 2.24) is 0 Å². The van der Waals surface area contributed by atoms with Crippen molar-refractivity contribution >= 4 is 33.0 Å². The van der Waals surface area contributed by atoms with Gasteiger partial charge in [-0.2, -0.15) is 0 Å². The normalized spacial score (nSPS) is 11.2. The average molecular weight is 331 g/mol. The molecule has 3 N–H and O–H groups in total. The molecule has 2 rings (SSSR count). The summed E-state index contributed by atoms with van der Waals surface area (Å²) >= 11 is 5.73. The van der Waals surface area contributed by atoms with E-state index in [2.05, 4.69) is 4.72 Å². The summed E-state index contributed by atoms with van der Waals surface area (Å²) in [5.41, 5.74) is 5.67. The predicted octanol–water partition coefficient (Wildman–Crippen LogP) is 2.87. The van der Waals surface area contributed by atoms with Crippen molar-refractivity contribution in [2.75, 3.05) is 17.6 Å². The molecule has 0 atom stereocenters. The van der Waals surface area contributed by atoms with Crippen LogP contribution in [-0.2, 0) is 10.0 Å². The number of sulfonamides is 1. The number of hydrogen-bond acceptors (Lipinski definition) is 4. The van der Waals surface area contributed by atoms with Crippen molar-refractivity contribution in [3.05, 3.63) is 47.2 Å². The lowest BCUT2D eigenvalue weighted by molar-refractivity contribution is 0.403. The number of halogens is 2. The van der Waals surface area contributed by atoms with Gasteiger partial charge < -0.3 is 10.5 Å². The largest absolute Gasteiger partial charge is 0.495 e. The fraction of sp³-hybridized carbons (Fsp3) is 0.0769. The molecule has 5 nitrogen and oxygen atoms in total. The molecule has 0 saturated heterocycles. The van der Waals surface area contributed by atoms with Gasteiger partial charge in [-0.3, -0.25) is 4.72 Å². The lowest BCUT2D eigenvalue weighted by Gasteiger charge is -2.12. The van der Waals surface area contributed by atoms with E-state index in [4.69, 9.17) is 22.1 Å². The Labute approximate surface area is 126 Å². The van der Waals surface area contributed by atoms with Gasteiger partial charge in [-0.05, 0) is 30.3 Å². The number of benzene rings is 2. The van der Waals surface area contributed by atoms with E-state index in [1.54, 1.807) is 0 Å². The van der Waals surface area contributed by atoms with Gasteiger partial charge in [0, 0.05) is 16.8 Å². The van der Waals surface area contributed by atoms with Crippen LogP contribution < -0.4 is 15.2 Å². The molecular weight excluding hydrogens is 319 g/mol. The fourth-order valence-corrected chi connectivity index (χ4v) is 3.06. The van der Waals surface area contributed by atoms with E-state index < -0.39 is 15.8 Å². The zero-order valence-electron chi connectivity index (χ0n) is 10.9.